The molecule has 0 spiro atoms. The fourth-order valence-corrected chi connectivity index (χ4v) is 6.63. The van der Waals surface area contributed by atoms with Gasteiger partial charge in [0.1, 0.15) is 28.6 Å². The van der Waals surface area contributed by atoms with Crippen LogP contribution in [0.25, 0.3) is 32.9 Å². The first kappa shape index (κ1) is 25.7. The number of hydrogen-bond donors (Lipinski definition) is 1. The van der Waals surface area contributed by atoms with Gasteiger partial charge >= 0.3 is 6.01 Å². The lowest BCUT2D eigenvalue weighted by molar-refractivity contribution is 0.291. The number of piperidine rings is 1. The fraction of sp³-hybridized carbons (Fsp3) is 0.375. The summed E-state index contributed by atoms with van der Waals surface area (Å²) in [7, 11) is 0. The molecule has 2 aliphatic rings. The molecule has 41 heavy (non-hydrogen) atoms. The van der Waals surface area contributed by atoms with Gasteiger partial charge in [0.05, 0.1) is 12.0 Å². The van der Waals surface area contributed by atoms with E-state index in [9.17, 15) is 5.11 Å². The molecule has 2 aromatic carbocycles. The van der Waals surface area contributed by atoms with Crippen LogP contribution in [-0.2, 0) is 6.42 Å². The van der Waals surface area contributed by atoms with E-state index in [0.717, 1.165) is 29.7 Å². The van der Waals surface area contributed by atoms with Gasteiger partial charge in [-0.3, -0.25) is 4.98 Å². The highest BCUT2D eigenvalue weighted by molar-refractivity contribution is 5.99. The van der Waals surface area contributed by atoms with Crippen molar-refractivity contribution in [3.05, 3.63) is 66.6 Å². The Bertz CT molecular complexity index is 1740. The standard InChI is InChI=1S/C32H33FN6O2/c1-19(2)39-11-10-34-27(39)9-12-41-32-36-30-26(31(37-32)38-17-20-7-8-21(13-20)18-38)16-35-29(28(30)33)25-15-23(40)14-22-5-3-4-6-24(22)25/h3-6,10-11,14-16,19-21,40H,7-9,12-13,17-18H2,1-2H3. The molecule has 9 heteroatoms. The molecule has 3 aromatic heterocycles. The van der Waals surface area contributed by atoms with Crippen molar-refractivity contribution < 1.29 is 14.2 Å². The molecule has 1 N–H and O–H groups in total. The quantitative estimate of drug-likeness (QED) is 0.253. The minimum atomic E-state index is -0.554. The van der Waals surface area contributed by atoms with Gasteiger partial charge in [-0.2, -0.15) is 9.97 Å². The molecule has 1 saturated heterocycles. The highest BCUT2D eigenvalue weighted by atomic mass is 19.1. The number of rotatable bonds is 7. The van der Waals surface area contributed by atoms with Crippen LogP contribution in [0.1, 0.15) is 45.0 Å². The highest BCUT2D eigenvalue weighted by Crippen LogP contribution is 2.41. The minimum absolute atomic E-state index is 0.0518. The van der Waals surface area contributed by atoms with Gasteiger partial charge in [-0.1, -0.05) is 24.3 Å². The van der Waals surface area contributed by atoms with Crippen molar-refractivity contribution in [3.63, 3.8) is 0 Å². The molecule has 8 nitrogen and oxygen atoms in total. The summed E-state index contributed by atoms with van der Waals surface area (Å²) in [5.74, 6) is 2.33. The third-order valence-electron chi connectivity index (χ3n) is 8.51. The van der Waals surface area contributed by atoms with E-state index in [0.29, 0.717) is 47.7 Å². The lowest BCUT2D eigenvalue weighted by Crippen LogP contribution is -2.37. The maximum atomic E-state index is 16.5. The number of phenols is 1. The summed E-state index contributed by atoms with van der Waals surface area (Å²) in [6.07, 6.45) is 9.68. The Labute approximate surface area is 237 Å². The van der Waals surface area contributed by atoms with Crippen LogP contribution in [0.4, 0.5) is 10.2 Å². The van der Waals surface area contributed by atoms with Gasteiger partial charge in [0.2, 0.25) is 0 Å². The van der Waals surface area contributed by atoms with Gasteiger partial charge in [0, 0.05) is 49.7 Å². The summed E-state index contributed by atoms with van der Waals surface area (Å²) in [6, 6.07) is 11.2. The SMILES string of the molecule is CC(C)n1ccnc1CCOc1nc(N2CC3CCC(C3)C2)c2cnc(-c3cc(O)cc4ccccc34)c(F)c2n1. The van der Waals surface area contributed by atoms with Crippen LogP contribution in [0.2, 0.25) is 0 Å². The monoisotopic (exact) mass is 552 g/mol. The fourth-order valence-electron chi connectivity index (χ4n) is 6.63. The molecule has 1 saturated carbocycles. The molecular weight excluding hydrogens is 519 g/mol. The van der Waals surface area contributed by atoms with Crippen LogP contribution in [0.15, 0.2) is 55.0 Å². The second kappa shape index (κ2) is 10.3. The Morgan fingerprint density at radius 1 is 1.05 bits per heavy atom. The molecule has 1 aliphatic heterocycles. The number of benzene rings is 2. The van der Waals surface area contributed by atoms with E-state index in [1.165, 1.54) is 19.3 Å². The first-order chi connectivity index (χ1) is 19.9. The topological polar surface area (TPSA) is 89.2 Å². The number of halogens is 1. The van der Waals surface area contributed by atoms with E-state index < -0.39 is 5.82 Å². The molecule has 2 unspecified atom stereocenters. The zero-order chi connectivity index (χ0) is 28.1. The van der Waals surface area contributed by atoms with E-state index >= 15 is 4.39 Å². The number of phenolic OH excluding ortho intramolecular Hbond substituents is 1. The molecule has 2 fully saturated rings. The van der Waals surface area contributed by atoms with E-state index in [1.54, 1.807) is 24.5 Å². The lowest BCUT2D eigenvalue weighted by Gasteiger charge is -2.33. The number of imidazole rings is 1. The Balaban J connectivity index is 1.31. The normalized spacial score (nSPS) is 18.6. The highest BCUT2D eigenvalue weighted by Gasteiger charge is 2.34. The van der Waals surface area contributed by atoms with Crippen molar-refractivity contribution in [1.82, 2.24) is 24.5 Å². The van der Waals surface area contributed by atoms with Crippen LogP contribution in [0.3, 0.4) is 0 Å². The van der Waals surface area contributed by atoms with E-state index in [4.69, 9.17) is 9.72 Å². The molecule has 0 radical (unpaired) electrons. The average molecular weight is 553 g/mol. The number of anilines is 1. The van der Waals surface area contributed by atoms with Gasteiger partial charge in [-0.25, -0.2) is 9.37 Å². The second-order valence-corrected chi connectivity index (χ2v) is 11.6. The van der Waals surface area contributed by atoms with Crippen LogP contribution < -0.4 is 9.64 Å². The smallest absolute Gasteiger partial charge is 0.319 e. The molecular formula is C32H33FN6O2. The van der Waals surface area contributed by atoms with Crippen molar-refractivity contribution in [3.8, 4) is 23.0 Å². The predicted molar refractivity (Wildman–Crippen MR) is 157 cm³/mol. The Kier molecular flexibility index (Phi) is 6.44. The van der Waals surface area contributed by atoms with Crippen LogP contribution in [0, 0.1) is 17.7 Å². The van der Waals surface area contributed by atoms with E-state index in [-0.39, 0.29) is 23.0 Å². The van der Waals surface area contributed by atoms with Crippen molar-refractivity contribution in [2.75, 3.05) is 24.6 Å². The van der Waals surface area contributed by atoms with Crippen LogP contribution >= 0.6 is 0 Å². The third kappa shape index (κ3) is 4.73. The van der Waals surface area contributed by atoms with Crippen LogP contribution in [-0.4, -0.2) is 49.3 Å². The number of hydrogen-bond acceptors (Lipinski definition) is 7. The van der Waals surface area contributed by atoms with Crippen molar-refractivity contribution in [2.45, 2.75) is 45.6 Å². The van der Waals surface area contributed by atoms with Crippen molar-refractivity contribution >= 4 is 27.5 Å². The third-order valence-corrected chi connectivity index (χ3v) is 8.51. The van der Waals surface area contributed by atoms with E-state index in [1.807, 2.05) is 30.5 Å². The average Bonchev–Trinajstić information content (AvgIpc) is 3.58. The van der Waals surface area contributed by atoms with Gasteiger partial charge in [0.15, 0.2) is 5.82 Å². The maximum Gasteiger partial charge on any atom is 0.319 e. The Hall–Kier alpha value is -4.27. The summed E-state index contributed by atoms with van der Waals surface area (Å²) in [6.45, 7) is 6.31. The number of fused-ring (bicyclic) bond motifs is 4. The van der Waals surface area contributed by atoms with Crippen molar-refractivity contribution in [2.24, 2.45) is 11.8 Å². The molecule has 4 heterocycles. The number of nitrogens with zero attached hydrogens (tertiary/aromatic N) is 6. The largest absolute Gasteiger partial charge is 0.508 e. The van der Waals surface area contributed by atoms with Gasteiger partial charge < -0.3 is 19.3 Å². The summed E-state index contributed by atoms with van der Waals surface area (Å²) in [5.41, 5.74) is 0.820. The Morgan fingerprint density at radius 3 is 2.66 bits per heavy atom. The molecule has 0 amide bonds. The van der Waals surface area contributed by atoms with Crippen molar-refractivity contribution in [1.29, 1.82) is 0 Å². The lowest BCUT2D eigenvalue weighted by atomic mass is 9.98. The summed E-state index contributed by atoms with van der Waals surface area (Å²) in [5, 5.41) is 12.6. The molecule has 7 rings (SSSR count). The molecule has 2 bridgehead atoms. The number of aromatic hydroxyl groups is 1. The molecule has 2 atom stereocenters. The zero-order valence-corrected chi connectivity index (χ0v) is 23.3. The summed E-state index contributed by atoms with van der Waals surface area (Å²) < 4.78 is 24.7. The minimum Gasteiger partial charge on any atom is -0.508 e. The van der Waals surface area contributed by atoms with Crippen LogP contribution in [0.5, 0.6) is 11.8 Å². The number of ether oxygens (including phenoxy) is 1. The molecule has 5 aromatic rings. The molecule has 210 valence electrons. The van der Waals surface area contributed by atoms with E-state index in [2.05, 4.69) is 38.3 Å². The van der Waals surface area contributed by atoms with Gasteiger partial charge in [-0.15, -0.1) is 0 Å². The zero-order valence-electron chi connectivity index (χ0n) is 23.3. The Morgan fingerprint density at radius 2 is 1.85 bits per heavy atom. The second-order valence-electron chi connectivity index (χ2n) is 11.6. The van der Waals surface area contributed by atoms with Gasteiger partial charge in [-0.05, 0) is 67.9 Å². The first-order valence-electron chi connectivity index (χ1n) is 14.4. The summed E-state index contributed by atoms with van der Waals surface area (Å²) >= 11 is 0. The number of pyridine rings is 1. The molecule has 1 aliphatic carbocycles. The number of aromatic nitrogens is 5. The maximum absolute atomic E-state index is 16.5. The predicted octanol–water partition coefficient (Wildman–Crippen LogP) is 6.32. The first-order valence-corrected chi connectivity index (χ1v) is 14.4. The van der Waals surface area contributed by atoms with Gasteiger partial charge in [0.25, 0.3) is 0 Å². The summed E-state index contributed by atoms with van der Waals surface area (Å²) in [4.78, 5) is 20.7.